The molecule has 0 fully saturated rings. The van der Waals surface area contributed by atoms with Crippen molar-refractivity contribution in [1.29, 1.82) is 0 Å². The summed E-state index contributed by atoms with van der Waals surface area (Å²) in [5.41, 5.74) is 3.15. The van der Waals surface area contributed by atoms with Gasteiger partial charge in [-0.2, -0.15) is 0 Å². The average molecular weight is 327 g/mol. The molecule has 0 saturated carbocycles. The van der Waals surface area contributed by atoms with E-state index in [2.05, 4.69) is 10.1 Å². The van der Waals surface area contributed by atoms with Crippen LogP contribution in [0.2, 0.25) is 0 Å². The third kappa shape index (κ3) is 4.35. The number of nitrogens with one attached hydrogen (secondary N) is 1. The number of methoxy groups -OCH3 is 1. The SMILES string of the molecule is COC(=O)c1cccc(NC(=O)[C@@H](C)Oc2ccc(C)c(C)c2)c1. The molecule has 2 aromatic rings. The van der Waals surface area contributed by atoms with Crippen molar-refractivity contribution in [2.24, 2.45) is 0 Å². The van der Waals surface area contributed by atoms with Crippen LogP contribution in [0.5, 0.6) is 5.75 Å². The van der Waals surface area contributed by atoms with Crippen LogP contribution in [0.1, 0.15) is 28.4 Å². The fourth-order valence-corrected chi connectivity index (χ4v) is 2.13. The molecule has 1 amide bonds. The van der Waals surface area contributed by atoms with Crippen molar-refractivity contribution >= 4 is 17.6 Å². The van der Waals surface area contributed by atoms with Gasteiger partial charge in [-0.25, -0.2) is 4.79 Å². The second kappa shape index (κ2) is 7.64. The Bertz CT molecular complexity index is 755. The minimum Gasteiger partial charge on any atom is -0.481 e. The Hall–Kier alpha value is -2.82. The molecule has 0 aliphatic heterocycles. The van der Waals surface area contributed by atoms with Crippen LogP contribution < -0.4 is 10.1 Å². The summed E-state index contributed by atoms with van der Waals surface area (Å²) in [6.07, 6.45) is -0.672. The van der Waals surface area contributed by atoms with Crippen molar-refractivity contribution in [1.82, 2.24) is 0 Å². The maximum absolute atomic E-state index is 12.3. The van der Waals surface area contributed by atoms with Crippen LogP contribution >= 0.6 is 0 Å². The van der Waals surface area contributed by atoms with E-state index in [1.165, 1.54) is 12.7 Å². The van der Waals surface area contributed by atoms with Gasteiger partial charge in [-0.3, -0.25) is 4.79 Å². The molecule has 2 aromatic carbocycles. The number of hydrogen-bond donors (Lipinski definition) is 1. The number of anilines is 1. The first-order valence-corrected chi connectivity index (χ1v) is 7.64. The van der Waals surface area contributed by atoms with Gasteiger partial charge in [0.25, 0.3) is 5.91 Å². The Morgan fingerprint density at radius 2 is 1.79 bits per heavy atom. The fraction of sp³-hybridized carbons (Fsp3) is 0.263. The topological polar surface area (TPSA) is 64.6 Å². The molecule has 1 N–H and O–H groups in total. The zero-order chi connectivity index (χ0) is 17.7. The van der Waals surface area contributed by atoms with Crippen molar-refractivity contribution in [2.45, 2.75) is 26.9 Å². The number of ether oxygens (including phenoxy) is 2. The zero-order valence-corrected chi connectivity index (χ0v) is 14.3. The molecule has 126 valence electrons. The number of carbonyl (C=O) groups is 2. The Morgan fingerprint density at radius 1 is 1.04 bits per heavy atom. The van der Waals surface area contributed by atoms with Gasteiger partial charge < -0.3 is 14.8 Å². The van der Waals surface area contributed by atoms with E-state index < -0.39 is 12.1 Å². The van der Waals surface area contributed by atoms with Gasteiger partial charge in [0.1, 0.15) is 5.75 Å². The lowest BCUT2D eigenvalue weighted by molar-refractivity contribution is -0.122. The maximum atomic E-state index is 12.3. The van der Waals surface area contributed by atoms with Crippen molar-refractivity contribution in [3.05, 3.63) is 59.2 Å². The van der Waals surface area contributed by atoms with E-state index in [-0.39, 0.29) is 5.91 Å². The highest BCUT2D eigenvalue weighted by Gasteiger charge is 2.16. The van der Waals surface area contributed by atoms with Gasteiger partial charge in [-0.15, -0.1) is 0 Å². The largest absolute Gasteiger partial charge is 0.481 e. The number of benzene rings is 2. The first kappa shape index (κ1) is 17.5. The highest BCUT2D eigenvalue weighted by atomic mass is 16.5. The third-order valence-corrected chi connectivity index (χ3v) is 3.71. The van der Waals surface area contributed by atoms with Crippen LogP contribution in [-0.4, -0.2) is 25.1 Å². The van der Waals surface area contributed by atoms with Crippen LogP contribution in [0.15, 0.2) is 42.5 Å². The molecule has 0 heterocycles. The fourth-order valence-electron chi connectivity index (χ4n) is 2.13. The van der Waals surface area contributed by atoms with Gasteiger partial charge in [0, 0.05) is 5.69 Å². The lowest BCUT2D eigenvalue weighted by Crippen LogP contribution is -2.30. The maximum Gasteiger partial charge on any atom is 0.337 e. The van der Waals surface area contributed by atoms with Gasteiger partial charge >= 0.3 is 5.97 Å². The van der Waals surface area contributed by atoms with E-state index in [0.29, 0.717) is 17.0 Å². The van der Waals surface area contributed by atoms with Crippen molar-refractivity contribution in [2.75, 3.05) is 12.4 Å². The summed E-state index contributed by atoms with van der Waals surface area (Å²) in [4.78, 5) is 23.8. The first-order valence-electron chi connectivity index (χ1n) is 7.64. The summed E-state index contributed by atoms with van der Waals surface area (Å²) in [5, 5.41) is 2.74. The summed E-state index contributed by atoms with van der Waals surface area (Å²) in [7, 11) is 1.31. The molecule has 0 unspecified atom stereocenters. The highest BCUT2D eigenvalue weighted by molar-refractivity contribution is 5.96. The number of rotatable bonds is 5. The van der Waals surface area contributed by atoms with E-state index in [0.717, 1.165) is 5.56 Å². The van der Waals surface area contributed by atoms with E-state index in [1.807, 2.05) is 32.0 Å². The predicted octanol–water partition coefficient (Wildman–Crippen LogP) is 3.50. The lowest BCUT2D eigenvalue weighted by atomic mass is 10.1. The number of amides is 1. The summed E-state index contributed by atoms with van der Waals surface area (Å²) in [6, 6.07) is 12.3. The molecular weight excluding hydrogens is 306 g/mol. The Kier molecular flexibility index (Phi) is 5.58. The molecule has 0 saturated heterocycles. The number of hydrogen-bond acceptors (Lipinski definition) is 4. The number of aryl methyl sites for hydroxylation is 2. The highest BCUT2D eigenvalue weighted by Crippen LogP contribution is 2.18. The monoisotopic (exact) mass is 327 g/mol. The van der Waals surface area contributed by atoms with Crippen molar-refractivity contribution in [3.8, 4) is 5.75 Å². The summed E-state index contributed by atoms with van der Waals surface area (Å²) < 4.78 is 10.3. The van der Waals surface area contributed by atoms with Crippen LogP contribution in [-0.2, 0) is 9.53 Å². The zero-order valence-electron chi connectivity index (χ0n) is 14.3. The van der Waals surface area contributed by atoms with Gasteiger partial charge in [0.05, 0.1) is 12.7 Å². The van der Waals surface area contributed by atoms with Gasteiger partial charge in [0.2, 0.25) is 0 Å². The molecular formula is C19H21NO4. The molecule has 5 nitrogen and oxygen atoms in total. The first-order chi connectivity index (χ1) is 11.4. The predicted molar refractivity (Wildman–Crippen MR) is 92.4 cm³/mol. The average Bonchev–Trinajstić information content (AvgIpc) is 2.57. The minimum absolute atomic E-state index is 0.296. The normalized spacial score (nSPS) is 11.5. The van der Waals surface area contributed by atoms with Crippen LogP contribution in [0.25, 0.3) is 0 Å². The molecule has 0 aromatic heterocycles. The quantitative estimate of drug-likeness (QED) is 0.854. The molecule has 0 aliphatic carbocycles. The van der Waals surface area contributed by atoms with E-state index in [4.69, 9.17) is 4.74 Å². The van der Waals surface area contributed by atoms with Gasteiger partial charge in [0.15, 0.2) is 6.10 Å². The summed E-state index contributed by atoms with van der Waals surface area (Å²) >= 11 is 0. The van der Waals surface area contributed by atoms with E-state index >= 15 is 0 Å². The second-order valence-electron chi connectivity index (χ2n) is 5.57. The Morgan fingerprint density at radius 3 is 2.46 bits per heavy atom. The number of esters is 1. The molecule has 0 spiro atoms. The molecule has 5 heteroatoms. The van der Waals surface area contributed by atoms with Crippen LogP contribution in [0.4, 0.5) is 5.69 Å². The van der Waals surface area contributed by atoms with E-state index in [9.17, 15) is 9.59 Å². The van der Waals surface area contributed by atoms with Gasteiger partial charge in [-0.1, -0.05) is 12.1 Å². The second-order valence-corrected chi connectivity index (χ2v) is 5.57. The molecule has 2 rings (SSSR count). The standard InChI is InChI=1S/C19H21NO4/c1-12-8-9-17(10-13(12)2)24-14(3)18(21)20-16-7-5-6-15(11-16)19(22)23-4/h5-11,14H,1-4H3,(H,20,21)/t14-/m1/s1. The molecule has 0 aliphatic rings. The number of carbonyl (C=O) groups excluding carboxylic acids is 2. The van der Waals surface area contributed by atoms with E-state index in [1.54, 1.807) is 31.2 Å². The van der Waals surface area contributed by atoms with Crippen LogP contribution in [0.3, 0.4) is 0 Å². The summed E-state index contributed by atoms with van der Waals surface area (Å²) in [5.74, 6) is -0.107. The summed E-state index contributed by atoms with van der Waals surface area (Å²) in [6.45, 7) is 5.68. The molecule has 0 bridgehead atoms. The Balaban J connectivity index is 2.03. The van der Waals surface area contributed by atoms with Crippen molar-refractivity contribution in [3.63, 3.8) is 0 Å². The lowest BCUT2D eigenvalue weighted by Gasteiger charge is -2.16. The Labute approximate surface area is 141 Å². The van der Waals surface area contributed by atoms with Crippen molar-refractivity contribution < 1.29 is 19.1 Å². The smallest absolute Gasteiger partial charge is 0.337 e. The third-order valence-electron chi connectivity index (χ3n) is 3.71. The molecule has 1 atom stereocenters. The minimum atomic E-state index is -0.672. The van der Waals surface area contributed by atoms with Gasteiger partial charge in [-0.05, 0) is 62.2 Å². The molecule has 24 heavy (non-hydrogen) atoms. The van der Waals surface area contributed by atoms with Crippen LogP contribution in [0, 0.1) is 13.8 Å². The molecule has 0 radical (unpaired) electrons.